The standard InChI is InChI=1S/C20H18N2O/c1-15(23)16-7-9-18(10-8-16)22-20-13-11-19(12-14-20)21-17-5-3-2-4-6-17/h2-14,21-22H,1H3. The van der Waals surface area contributed by atoms with Gasteiger partial charge >= 0.3 is 0 Å². The van der Waals surface area contributed by atoms with Crippen LogP contribution in [-0.2, 0) is 0 Å². The van der Waals surface area contributed by atoms with Crippen molar-refractivity contribution in [2.45, 2.75) is 6.92 Å². The third-order valence-electron chi connectivity index (χ3n) is 3.53. The molecule has 3 aromatic rings. The molecule has 0 radical (unpaired) electrons. The number of ketones is 1. The second-order valence-electron chi connectivity index (χ2n) is 5.33. The molecule has 0 aromatic heterocycles. The second-order valence-corrected chi connectivity index (χ2v) is 5.33. The van der Waals surface area contributed by atoms with Crippen LogP contribution in [0.3, 0.4) is 0 Å². The monoisotopic (exact) mass is 302 g/mol. The molecule has 2 N–H and O–H groups in total. The molecule has 3 aromatic carbocycles. The number of anilines is 4. The second kappa shape index (κ2) is 6.79. The summed E-state index contributed by atoms with van der Waals surface area (Å²) in [6, 6.07) is 25.6. The summed E-state index contributed by atoms with van der Waals surface area (Å²) in [4.78, 5) is 11.3. The van der Waals surface area contributed by atoms with E-state index in [4.69, 9.17) is 0 Å². The van der Waals surface area contributed by atoms with Gasteiger partial charge in [0.15, 0.2) is 5.78 Å². The van der Waals surface area contributed by atoms with Gasteiger partial charge in [0, 0.05) is 28.3 Å². The molecule has 114 valence electrons. The molecule has 0 amide bonds. The normalized spacial score (nSPS) is 10.1. The molecule has 0 atom stereocenters. The van der Waals surface area contributed by atoms with Crippen molar-refractivity contribution in [2.75, 3.05) is 10.6 Å². The van der Waals surface area contributed by atoms with Crippen LogP contribution in [0.2, 0.25) is 0 Å². The minimum Gasteiger partial charge on any atom is -0.356 e. The fourth-order valence-electron chi connectivity index (χ4n) is 2.28. The summed E-state index contributed by atoms with van der Waals surface area (Å²) in [5, 5.41) is 6.67. The molecule has 0 saturated heterocycles. The first kappa shape index (κ1) is 14.9. The van der Waals surface area contributed by atoms with Crippen LogP contribution in [0.5, 0.6) is 0 Å². The van der Waals surface area contributed by atoms with E-state index in [0.29, 0.717) is 0 Å². The maximum absolute atomic E-state index is 11.3. The Labute approximate surface area is 136 Å². The number of nitrogens with one attached hydrogen (secondary N) is 2. The summed E-state index contributed by atoms with van der Waals surface area (Å²) >= 11 is 0. The molecule has 0 aliphatic heterocycles. The SMILES string of the molecule is CC(=O)c1ccc(Nc2ccc(Nc3ccccc3)cc2)cc1. The highest BCUT2D eigenvalue weighted by Crippen LogP contribution is 2.21. The number of rotatable bonds is 5. The average Bonchev–Trinajstić information content (AvgIpc) is 2.58. The Hall–Kier alpha value is -3.07. The van der Waals surface area contributed by atoms with Gasteiger partial charge < -0.3 is 10.6 Å². The van der Waals surface area contributed by atoms with Gasteiger partial charge in [0.05, 0.1) is 0 Å². The lowest BCUT2D eigenvalue weighted by Gasteiger charge is -2.09. The van der Waals surface area contributed by atoms with Crippen LogP contribution in [0, 0.1) is 0 Å². The summed E-state index contributed by atoms with van der Waals surface area (Å²) < 4.78 is 0. The van der Waals surface area contributed by atoms with Crippen LogP contribution in [0.25, 0.3) is 0 Å². The summed E-state index contributed by atoms with van der Waals surface area (Å²) in [5.41, 5.74) is 4.78. The number of hydrogen-bond acceptors (Lipinski definition) is 3. The Morgan fingerprint density at radius 1 is 0.609 bits per heavy atom. The van der Waals surface area contributed by atoms with Crippen LogP contribution in [0.1, 0.15) is 17.3 Å². The van der Waals surface area contributed by atoms with E-state index < -0.39 is 0 Å². The van der Waals surface area contributed by atoms with Gasteiger partial charge in [0.1, 0.15) is 0 Å². The number of Topliss-reactive ketones (excluding diaryl/α,β-unsaturated/α-hetero) is 1. The Morgan fingerprint density at radius 3 is 1.43 bits per heavy atom. The zero-order chi connectivity index (χ0) is 16.1. The fraction of sp³-hybridized carbons (Fsp3) is 0.0500. The molecule has 23 heavy (non-hydrogen) atoms. The van der Waals surface area contributed by atoms with Crippen LogP contribution < -0.4 is 10.6 Å². The Balaban J connectivity index is 1.66. The molecule has 0 heterocycles. The van der Waals surface area contributed by atoms with E-state index in [1.165, 1.54) is 0 Å². The molecule has 0 aliphatic carbocycles. The average molecular weight is 302 g/mol. The Bertz CT molecular complexity index is 778. The van der Waals surface area contributed by atoms with Gasteiger partial charge in [-0.05, 0) is 67.6 Å². The predicted molar refractivity (Wildman–Crippen MR) is 95.9 cm³/mol. The van der Waals surface area contributed by atoms with E-state index in [-0.39, 0.29) is 5.78 Å². The lowest BCUT2D eigenvalue weighted by atomic mass is 10.1. The smallest absolute Gasteiger partial charge is 0.159 e. The van der Waals surface area contributed by atoms with Crippen molar-refractivity contribution in [3.05, 3.63) is 84.4 Å². The summed E-state index contributed by atoms with van der Waals surface area (Å²) in [5.74, 6) is 0.0767. The Morgan fingerprint density at radius 2 is 1.00 bits per heavy atom. The zero-order valence-electron chi connectivity index (χ0n) is 12.9. The zero-order valence-corrected chi connectivity index (χ0v) is 12.9. The van der Waals surface area contributed by atoms with Crippen molar-refractivity contribution in [3.8, 4) is 0 Å². The third-order valence-corrected chi connectivity index (χ3v) is 3.53. The lowest BCUT2D eigenvalue weighted by molar-refractivity contribution is 0.101. The molecule has 0 bridgehead atoms. The van der Waals surface area contributed by atoms with Gasteiger partial charge in [-0.2, -0.15) is 0 Å². The number of carbonyl (C=O) groups excluding carboxylic acids is 1. The van der Waals surface area contributed by atoms with Crippen molar-refractivity contribution in [1.29, 1.82) is 0 Å². The fourth-order valence-corrected chi connectivity index (χ4v) is 2.28. The maximum Gasteiger partial charge on any atom is 0.159 e. The molecule has 3 nitrogen and oxygen atoms in total. The van der Waals surface area contributed by atoms with Crippen LogP contribution in [-0.4, -0.2) is 5.78 Å². The van der Waals surface area contributed by atoms with E-state index in [0.717, 1.165) is 28.3 Å². The predicted octanol–water partition coefficient (Wildman–Crippen LogP) is 5.38. The highest BCUT2D eigenvalue weighted by atomic mass is 16.1. The molecule has 0 spiro atoms. The topological polar surface area (TPSA) is 41.1 Å². The minimum atomic E-state index is 0.0767. The summed E-state index contributed by atoms with van der Waals surface area (Å²) in [6.45, 7) is 1.57. The number of benzene rings is 3. The maximum atomic E-state index is 11.3. The van der Waals surface area contributed by atoms with Crippen LogP contribution >= 0.6 is 0 Å². The van der Waals surface area contributed by atoms with Gasteiger partial charge in [0.25, 0.3) is 0 Å². The summed E-state index contributed by atoms with van der Waals surface area (Å²) in [6.07, 6.45) is 0. The molecule has 0 fully saturated rings. The number of carbonyl (C=O) groups is 1. The van der Waals surface area contributed by atoms with E-state index in [9.17, 15) is 4.79 Å². The molecular formula is C20H18N2O. The number of hydrogen-bond donors (Lipinski definition) is 2. The molecule has 0 saturated carbocycles. The van der Waals surface area contributed by atoms with Gasteiger partial charge in [0.2, 0.25) is 0 Å². The first-order valence-electron chi connectivity index (χ1n) is 7.51. The van der Waals surface area contributed by atoms with Crippen molar-refractivity contribution in [3.63, 3.8) is 0 Å². The van der Waals surface area contributed by atoms with Crippen molar-refractivity contribution >= 4 is 28.5 Å². The van der Waals surface area contributed by atoms with Crippen molar-refractivity contribution < 1.29 is 4.79 Å². The molecule has 3 rings (SSSR count). The van der Waals surface area contributed by atoms with Crippen LogP contribution in [0.4, 0.5) is 22.7 Å². The molecular weight excluding hydrogens is 284 g/mol. The van der Waals surface area contributed by atoms with Gasteiger partial charge in [-0.1, -0.05) is 18.2 Å². The Kier molecular flexibility index (Phi) is 4.39. The quantitative estimate of drug-likeness (QED) is 0.622. The van der Waals surface area contributed by atoms with Crippen LogP contribution in [0.15, 0.2) is 78.9 Å². The van der Waals surface area contributed by atoms with E-state index in [2.05, 4.69) is 10.6 Å². The highest BCUT2D eigenvalue weighted by molar-refractivity contribution is 5.94. The molecule has 0 aliphatic rings. The molecule has 3 heteroatoms. The third kappa shape index (κ3) is 3.98. The minimum absolute atomic E-state index is 0.0767. The number of para-hydroxylation sites is 1. The van der Waals surface area contributed by atoms with Crippen molar-refractivity contribution in [2.24, 2.45) is 0 Å². The highest BCUT2D eigenvalue weighted by Gasteiger charge is 2.00. The van der Waals surface area contributed by atoms with Gasteiger partial charge in [-0.3, -0.25) is 4.79 Å². The molecule has 0 unspecified atom stereocenters. The largest absolute Gasteiger partial charge is 0.356 e. The first-order chi connectivity index (χ1) is 11.2. The van der Waals surface area contributed by atoms with Gasteiger partial charge in [-0.15, -0.1) is 0 Å². The van der Waals surface area contributed by atoms with E-state index in [1.54, 1.807) is 6.92 Å². The van der Waals surface area contributed by atoms with E-state index in [1.807, 2.05) is 78.9 Å². The van der Waals surface area contributed by atoms with Crippen molar-refractivity contribution in [1.82, 2.24) is 0 Å². The van der Waals surface area contributed by atoms with E-state index >= 15 is 0 Å². The summed E-state index contributed by atoms with van der Waals surface area (Å²) in [7, 11) is 0. The first-order valence-corrected chi connectivity index (χ1v) is 7.51. The van der Waals surface area contributed by atoms with Gasteiger partial charge in [-0.25, -0.2) is 0 Å². The lowest BCUT2D eigenvalue weighted by Crippen LogP contribution is -1.94.